The van der Waals surface area contributed by atoms with E-state index in [-0.39, 0.29) is 5.75 Å². The molecule has 0 spiro atoms. The molecule has 0 radical (unpaired) electrons. The van der Waals surface area contributed by atoms with Gasteiger partial charge >= 0.3 is 0 Å². The number of ether oxygens (including phenoxy) is 1. The van der Waals surface area contributed by atoms with Gasteiger partial charge < -0.3 is 10.1 Å². The molecule has 0 aromatic heterocycles. The van der Waals surface area contributed by atoms with Crippen LogP contribution in [0.15, 0.2) is 24.3 Å². The van der Waals surface area contributed by atoms with Crippen molar-refractivity contribution < 1.29 is 17.9 Å². The van der Waals surface area contributed by atoms with Crippen molar-refractivity contribution in [1.29, 1.82) is 0 Å². The summed E-state index contributed by atoms with van der Waals surface area (Å²) in [6, 6.07) is 7.25. The Kier molecular flexibility index (Phi) is 6.67. The van der Waals surface area contributed by atoms with Crippen LogP contribution >= 0.6 is 0 Å². The maximum Gasteiger partial charge on any atom is 0.235 e. The first-order chi connectivity index (χ1) is 9.43. The van der Waals surface area contributed by atoms with Crippen molar-refractivity contribution in [1.82, 2.24) is 5.32 Å². The maximum absolute atomic E-state index is 11.9. The molecule has 6 heteroatoms. The average Bonchev–Trinajstić information content (AvgIpc) is 2.36. The van der Waals surface area contributed by atoms with E-state index in [1.165, 1.54) is 0 Å². The van der Waals surface area contributed by atoms with Crippen LogP contribution in [-0.2, 0) is 25.1 Å². The third-order valence-corrected chi connectivity index (χ3v) is 4.18. The molecule has 0 saturated carbocycles. The summed E-state index contributed by atoms with van der Waals surface area (Å²) in [5.41, 5.74) is 1.77. The number of carbonyl (C=O) groups is 1. The zero-order chi connectivity index (χ0) is 15.0. The molecule has 0 heterocycles. The van der Waals surface area contributed by atoms with Crippen molar-refractivity contribution in [2.45, 2.75) is 19.1 Å². The molecule has 0 aliphatic heterocycles. The van der Waals surface area contributed by atoms with Gasteiger partial charge in [-0.25, -0.2) is 8.42 Å². The van der Waals surface area contributed by atoms with Gasteiger partial charge in [-0.15, -0.1) is 0 Å². The van der Waals surface area contributed by atoms with Gasteiger partial charge in [0.15, 0.2) is 9.84 Å². The second kappa shape index (κ2) is 8.01. The summed E-state index contributed by atoms with van der Waals surface area (Å²) in [4.78, 5) is 11.5. The normalized spacial score (nSPS) is 11.3. The Bertz CT molecular complexity index is 523. The van der Waals surface area contributed by atoms with Crippen molar-refractivity contribution in [2.75, 3.05) is 26.0 Å². The van der Waals surface area contributed by atoms with Gasteiger partial charge in [-0.3, -0.25) is 4.79 Å². The van der Waals surface area contributed by atoms with Gasteiger partial charge in [0.05, 0.1) is 5.75 Å². The van der Waals surface area contributed by atoms with Gasteiger partial charge in [-0.05, 0) is 18.9 Å². The number of carbonyl (C=O) groups excluding carboxylic acids is 1. The van der Waals surface area contributed by atoms with Crippen LogP contribution in [0, 0.1) is 6.92 Å². The summed E-state index contributed by atoms with van der Waals surface area (Å²) < 4.78 is 28.6. The number of sulfone groups is 1. The van der Waals surface area contributed by atoms with E-state index in [2.05, 4.69) is 5.32 Å². The van der Waals surface area contributed by atoms with Crippen molar-refractivity contribution in [3.8, 4) is 0 Å². The first-order valence-electron chi connectivity index (χ1n) is 6.44. The largest absolute Gasteiger partial charge is 0.385 e. The number of rotatable bonds is 8. The van der Waals surface area contributed by atoms with Crippen molar-refractivity contribution >= 4 is 15.7 Å². The second-order valence-electron chi connectivity index (χ2n) is 4.71. The van der Waals surface area contributed by atoms with Crippen LogP contribution < -0.4 is 5.32 Å². The van der Waals surface area contributed by atoms with Crippen LogP contribution in [0.5, 0.6) is 0 Å². The third kappa shape index (κ3) is 6.68. The van der Waals surface area contributed by atoms with Crippen LogP contribution in [0.25, 0.3) is 0 Å². The average molecular weight is 299 g/mol. The Morgan fingerprint density at radius 3 is 2.50 bits per heavy atom. The number of benzene rings is 1. The van der Waals surface area contributed by atoms with Gasteiger partial charge in [0, 0.05) is 20.3 Å². The molecular weight excluding hydrogens is 278 g/mol. The Balaban J connectivity index is 2.44. The summed E-state index contributed by atoms with van der Waals surface area (Å²) in [6.07, 6.45) is 0.667. The molecule has 0 saturated heterocycles. The Morgan fingerprint density at radius 2 is 1.90 bits per heavy atom. The molecule has 0 atom stereocenters. The Labute approximate surface area is 120 Å². The fourth-order valence-corrected chi connectivity index (χ4v) is 2.99. The van der Waals surface area contributed by atoms with E-state index in [1.54, 1.807) is 19.2 Å². The molecule has 112 valence electrons. The summed E-state index contributed by atoms with van der Waals surface area (Å²) in [5.74, 6) is -1.06. The highest BCUT2D eigenvalue weighted by molar-refractivity contribution is 7.91. The molecule has 5 nitrogen and oxygen atoms in total. The summed E-state index contributed by atoms with van der Waals surface area (Å²) >= 11 is 0. The smallest absolute Gasteiger partial charge is 0.235 e. The highest BCUT2D eigenvalue weighted by atomic mass is 32.2. The predicted octanol–water partition coefficient (Wildman–Crippen LogP) is 1.06. The fourth-order valence-electron chi connectivity index (χ4n) is 1.68. The van der Waals surface area contributed by atoms with E-state index in [1.807, 2.05) is 19.1 Å². The monoisotopic (exact) mass is 299 g/mol. The molecular formula is C14H21NO4S. The van der Waals surface area contributed by atoms with Crippen molar-refractivity contribution in [2.24, 2.45) is 0 Å². The molecule has 1 N–H and O–H groups in total. The zero-order valence-corrected chi connectivity index (χ0v) is 12.7. The second-order valence-corrected chi connectivity index (χ2v) is 6.78. The van der Waals surface area contributed by atoms with Crippen LogP contribution in [0.1, 0.15) is 17.5 Å². The SMILES string of the molecule is COCCCNC(=O)CS(=O)(=O)Cc1ccc(C)cc1. The van der Waals surface area contributed by atoms with Crippen LogP contribution in [0.2, 0.25) is 0 Å². The summed E-state index contributed by atoms with van der Waals surface area (Å²) in [6.45, 7) is 2.90. The standard InChI is InChI=1S/C14H21NO4S/c1-12-4-6-13(7-5-12)10-20(17,18)11-14(16)15-8-3-9-19-2/h4-7H,3,8-11H2,1-2H3,(H,15,16). The van der Waals surface area contributed by atoms with Crippen LogP contribution in [-0.4, -0.2) is 40.3 Å². The van der Waals surface area contributed by atoms with E-state index in [0.717, 1.165) is 5.56 Å². The molecule has 1 aromatic carbocycles. The van der Waals surface area contributed by atoms with Gasteiger partial charge in [-0.1, -0.05) is 29.8 Å². The van der Waals surface area contributed by atoms with E-state index in [0.29, 0.717) is 25.1 Å². The lowest BCUT2D eigenvalue weighted by atomic mass is 10.2. The predicted molar refractivity (Wildman–Crippen MR) is 78.2 cm³/mol. The minimum atomic E-state index is -3.43. The molecule has 1 amide bonds. The number of hydrogen-bond donors (Lipinski definition) is 1. The highest BCUT2D eigenvalue weighted by Gasteiger charge is 2.17. The maximum atomic E-state index is 11.9. The number of amides is 1. The molecule has 0 unspecified atom stereocenters. The van der Waals surface area contributed by atoms with E-state index >= 15 is 0 Å². The Hall–Kier alpha value is -1.40. The summed E-state index contributed by atoms with van der Waals surface area (Å²) in [7, 11) is -1.86. The Morgan fingerprint density at radius 1 is 1.25 bits per heavy atom. The van der Waals surface area contributed by atoms with E-state index in [9.17, 15) is 13.2 Å². The third-order valence-electron chi connectivity index (χ3n) is 2.71. The molecule has 0 aliphatic rings. The number of nitrogens with one attached hydrogen (secondary N) is 1. The molecule has 0 aliphatic carbocycles. The van der Waals surface area contributed by atoms with Gasteiger partial charge in [-0.2, -0.15) is 0 Å². The molecule has 0 fully saturated rings. The highest BCUT2D eigenvalue weighted by Crippen LogP contribution is 2.08. The van der Waals surface area contributed by atoms with E-state index < -0.39 is 21.5 Å². The minimum Gasteiger partial charge on any atom is -0.385 e. The number of aryl methyl sites for hydroxylation is 1. The summed E-state index contributed by atoms with van der Waals surface area (Å²) in [5, 5.41) is 2.57. The fraction of sp³-hybridized carbons (Fsp3) is 0.500. The van der Waals surface area contributed by atoms with Crippen molar-refractivity contribution in [3.63, 3.8) is 0 Å². The van der Waals surface area contributed by atoms with Gasteiger partial charge in [0.25, 0.3) is 0 Å². The minimum absolute atomic E-state index is 0.112. The lowest BCUT2D eigenvalue weighted by Crippen LogP contribution is -2.31. The molecule has 1 rings (SSSR count). The zero-order valence-electron chi connectivity index (χ0n) is 11.9. The van der Waals surface area contributed by atoms with Gasteiger partial charge in [0.2, 0.25) is 5.91 Å². The van der Waals surface area contributed by atoms with Gasteiger partial charge in [0.1, 0.15) is 5.75 Å². The number of methoxy groups -OCH3 is 1. The van der Waals surface area contributed by atoms with E-state index in [4.69, 9.17) is 4.74 Å². The topological polar surface area (TPSA) is 72.5 Å². The molecule has 1 aromatic rings. The first kappa shape index (κ1) is 16.7. The lowest BCUT2D eigenvalue weighted by Gasteiger charge is -2.06. The lowest BCUT2D eigenvalue weighted by molar-refractivity contribution is -0.118. The van der Waals surface area contributed by atoms with Crippen LogP contribution in [0.4, 0.5) is 0 Å². The molecule has 0 bridgehead atoms. The first-order valence-corrected chi connectivity index (χ1v) is 8.27. The number of hydrogen-bond acceptors (Lipinski definition) is 4. The molecule has 20 heavy (non-hydrogen) atoms. The quantitative estimate of drug-likeness (QED) is 0.729. The van der Waals surface area contributed by atoms with Crippen LogP contribution in [0.3, 0.4) is 0 Å². The van der Waals surface area contributed by atoms with Crippen molar-refractivity contribution in [3.05, 3.63) is 35.4 Å².